The fraction of sp³-hybridized carbons (Fsp3) is 0.500. The van der Waals surface area contributed by atoms with Crippen LogP contribution in [-0.4, -0.2) is 71.9 Å². The van der Waals surface area contributed by atoms with Gasteiger partial charge in [-0.3, -0.25) is 4.57 Å². The van der Waals surface area contributed by atoms with Crippen LogP contribution in [0.4, 0.5) is 0 Å². The van der Waals surface area contributed by atoms with E-state index in [0.717, 1.165) is 10.9 Å². The van der Waals surface area contributed by atoms with E-state index in [-0.39, 0.29) is 0 Å². The molecule has 1 aromatic heterocycles. The molecule has 5 N–H and O–H groups in total. The van der Waals surface area contributed by atoms with E-state index in [1.807, 2.05) is 0 Å². The number of hydrogen-bond donors (Lipinski definition) is 5. The van der Waals surface area contributed by atoms with Crippen molar-refractivity contribution in [1.82, 2.24) is 9.55 Å². The minimum Gasteiger partial charge on any atom is -0.476 e. The molecule has 1 aliphatic rings. The third-order valence-corrected chi connectivity index (χ3v) is 2.99. The molecule has 2 heterocycles. The lowest BCUT2D eigenvalue weighted by atomic mass is 10.1. The van der Waals surface area contributed by atoms with Crippen LogP contribution in [0.15, 0.2) is 6.33 Å². The molecule has 0 saturated carbocycles. The molecule has 0 aliphatic carbocycles. The summed E-state index contributed by atoms with van der Waals surface area (Å²) >= 11 is 0. The van der Waals surface area contributed by atoms with E-state index >= 15 is 0 Å². The van der Waals surface area contributed by atoms with Crippen molar-refractivity contribution in [2.45, 2.75) is 24.5 Å². The molecule has 0 bridgehead atoms. The van der Waals surface area contributed by atoms with E-state index in [9.17, 15) is 19.8 Å². The lowest BCUT2D eigenvalue weighted by Gasteiger charge is -2.17. The number of nitrogens with zero attached hydrogens (tertiary/aromatic N) is 2. The standard InChI is InChI=1S/C10H12N2O8/c13-1-3-6(14)7(15)8(20-3)12-2-11-4(9(16)17)5(12)10(18)19/h2-3,6-8,13-15H,1H2,(H,16,17)(H,18,19)/t3-,6-,7-,8?/m1/s1. The molecule has 0 spiro atoms. The van der Waals surface area contributed by atoms with Crippen LogP contribution in [0.5, 0.6) is 0 Å². The van der Waals surface area contributed by atoms with Crippen LogP contribution in [-0.2, 0) is 4.74 Å². The molecule has 2 rings (SSSR count). The lowest BCUT2D eigenvalue weighted by Crippen LogP contribution is -2.33. The minimum absolute atomic E-state index is 0.586. The molecular weight excluding hydrogens is 276 g/mol. The second-order valence-corrected chi connectivity index (χ2v) is 4.19. The number of carboxylic acids is 2. The topological polar surface area (TPSA) is 162 Å². The highest BCUT2D eigenvalue weighted by Crippen LogP contribution is 2.30. The van der Waals surface area contributed by atoms with Gasteiger partial charge in [0.1, 0.15) is 18.3 Å². The predicted octanol–water partition coefficient (Wildman–Crippen LogP) is -2.11. The SMILES string of the molecule is O=C(O)c1ncn(C2O[C@H](CO)[C@@H](O)[C@H]2O)c1C(=O)O. The minimum atomic E-state index is -1.57. The fourth-order valence-electron chi connectivity index (χ4n) is 2.03. The van der Waals surface area contributed by atoms with Crippen molar-refractivity contribution in [3.63, 3.8) is 0 Å². The number of aliphatic hydroxyl groups excluding tert-OH is 3. The molecule has 10 heteroatoms. The Labute approximate surface area is 111 Å². The van der Waals surface area contributed by atoms with Gasteiger partial charge in [0.25, 0.3) is 0 Å². The molecule has 20 heavy (non-hydrogen) atoms. The monoisotopic (exact) mass is 288 g/mol. The Balaban J connectivity index is 2.44. The number of rotatable bonds is 4. The second kappa shape index (κ2) is 5.17. The molecule has 0 aromatic carbocycles. The Morgan fingerprint density at radius 1 is 1.25 bits per heavy atom. The number of carboxylic acid groups (broad SMARTS) is 2. The Kier molecular flexibility index (Phi) is 3.72. The van der Waals surface area contributed by atoms with Crippen molar-refractivity contribution >= 4 is 11.9 Å². The van der Waals surface area contributed by atoms with E-state index in [0.29, 0.717) is 0 Å². The number of hydrogen-bond acceptors (Lipinski definition) is 7. The van der Waals surface area contributed by atoms with Gasteiger partial charge in [0.2, 0.25) is 0 Å². The maximum atomic E-state index is 11.1. The summed E-state index contributed by atoms with van der Waals surface area (Å²) in [4.78, 5) is 25.5. The molecule has 1 aliphatic heterocycles. The zero-order valence-electron chi connectivity index (χ0n) is 9.95. The fourth-order valence-corrected chi connectivity index (χ4v) is 2.03. The van der Waals surface area contributed by atoms with Gasteiger partial charge in [0, 0.05) is 0 Å². The van der Waals surface area contributed by atoms with Crippen LogP contribution in [0.25, 0.3) is 0 Å². The maximum absolute atomic E-state index is 11.1. The summed E-state index contributed by atoms with van der Waals surface area (Å²) < 4.78 is 5.92. The summed E-state index contributed by atoms with van der Waals surface area (Å²) in [6.45, 7) is -0.586. The highest BCUT2D eigenvalue weighted by atomic mass is 16.6. The largest absolute Gasteiger partial charge is 0.476 e. The van der Waals surface area contributed by atoms with Crippen LogP contribution >= 0.6 is 0 Å². The van der Waals surface area contributed by atoms with Crippen LogP contribution in [0, 0.1) is 0 Å². The summed E-state index contributed by atoms with van der Waals surface area (Å²) in [5.74, 6) is -3.12. The molecule has 0 amide bonds. The Hall–Kier alpha value is -2.01. The number of aliphatic hydroxyl groups is 3. The second-order valence-electron chi connectivity index (χ2n) is 4.19. The molecule has 4 atom stereocenters. The van der Waals surface area contributed by atoms with Crippen LogP contribution in [0.1, 0.15) is 27.2 Å². The summed E-state index contributed by atoms with van der Waals surface area (Å²) in [6.07, 6.45) is -4.53. The molecule has 1 saturated heterocycles. The smallest absolute Gasteiger partial charge is 0.357 e. The average molecular weight is 288 g/mol. The van der Waals surface area contributed by atoms with Gasteiger partial charge >= 0.3 is 11.9 Å². The normalized spacial score (nSPS) is 29.6. The number of ether oxygens (including phenoxy) is 1. The van der Waals surface area contributed by atoms with Gasteiger partial charge in [-0.15, -0.1) is 0 Å². The van der Waals surface area contributed by atoms with E-state index in [1.54, 1.807) is 0 Å². The van der Waals surface area contributed by atoms with Crippen molar-refractivity contribution in [1.29, 1.82) is 0 Å². The van der Waals surface area contributed by atoms with Crippen molar-refractivity contribution in [3.8, 4) is 0 Å². The van der Waals surface area contributed by atoms with E-state index in [2.05, 4.69) is 4.98 Å². The van der Waals surface area contributed by atoms with Gasteiger partial charge in [-0.1, -0.05) is 0 Å². The van der Waals surface area contributed by atoms with Gasteiger partial charge in [0.05, 0.1) is 12.9 Å². The van der Waals surface area contributed by atoms with Gasteiger partial charge in [0.15, 0.2) is 17.6 Å². The molecule has 1 aromatic rings. The quantitative estimate of drug-likeness (QED) is 0.417. The van der Waals surface area contributed by atoms with Crippen molar-refractivity contribution in [2.24, 2.45) is 0 Å². The summed E-state index contributed by atoms with van der Waals surface area (Å²) in [6, 6.07) is 0. The average Bonchev–Trinajstić information content (AvgIpc) is 2.93. The molecule has 1 unspecified atom stereocenters. The Morgan fingerprint density at radius 2 is 1.90 bits per heavy atom. The zero-order chi connectivity index (χ0) is 15.0. The summed E-state index contributed by atoms with van der Waals surface area (Å²) in [7, 11) is 0. The summed E-state index contributed by atoms with van der Waals surface area (Å²) in [5, 5.41) is 46.3. The molecule has 10 nitrogen and oxygen atoms in total. The third kappa shape index (κ3) is 2.14. The van der Waals surface area contributed by atoms with Crippen LogP contribution in [0.3, 0.4) is 0 Å². The van der Waals surface area contributed by atoms with E-state index in [1.165, 1.54) is 0 Å². The first-order chi connectivity index (χ1) is 9.38. The number of carbonyl (C=O) groups is 2. The maximum Gasteiger partial charge on any atom is 0.357 e. The van der Waals surface area contributed by atoms with Gasteiger partial charge in [-0.25, -0.2) is 14.6 Å². The molecule has 0 radical (unpaired) electrons. The van der Waals surface area contributed by atoms with Gasteiger partial charge in [-0.05, 0) is 0 Å². The van der Waals surface area contributed by atoms with Crippen molar-refractivity contribution in [2.75, 3.05) is 6.61 Å². The Morgan fingerprint density at radius 3 is 2.35 bits per heavy atom. The van der Waals surface area contributed by atoms with Gasteiger partial charge < -0.3 is 30.3 Å². The Bertz CT molecular complexity index is 541. The highest BCUT2D eigenvalue weighted by Gasteiger charge is 2.45. The highest BCUT2D eigenvalue weighted by molar-refractivity contribution is 5.99. The van der Waals surface area contributed by atoms with Crippen LogP contribution < -0.4 is 0 Å². The predicted molar refractivity (Wildman–Crippen MR) is 59.2 cm³/mol. The van der Waals surface area contributed by atoms with Crippen LogP contribution in [0.2, 0.25) is 0 Å². The first-order valence-electron chi connectivity index (χ1n) is 5.54. The van der Waals surface area contributed by atoms with Crippen molar-refractivity contribution in [3.05, 3.63) is 17.7 Å². The third-order valence-electron chi connectivity index (χ3n) is 2.99. The number of aromatic carboxylic acids is 2. The molecular formula is C10H12N2O8. The molecule has 1 fully saturated rings. The lowest BCUT2D eigenvalue weighted by molar-refractivity contribution is -0.0539. The molecule has 110 valence electrons. The van der Waals surface area contributed by atoms with E-state index < -0.39 is 54.5 Å². The van der Waals surface area contributed by atoms with E-state index in [4.69, 9.17) is 20.1 Å². The van der Waals surface area contributed by atoms with Crippen molar-refractivity contribution < 1.29 is 39.9 Å². The number of aromatic nitrogens is 2. The van der Waals surface area contributed by atoms with Gasteiger partial charge in [-0.2, -0.15) is 0 Å². The zero-order valence-corrected chi connectivity index (χ0v) is 9.95. The number of imidazole rings is 1. The first kappa shape index (κ1) is 14.4. The first-order valence-corrected chi connectivity index (χ1v) is 5.54. The summed E-state index contributed by atoms with van der Waals surface area (Å²) in [5.41, 5.74) is -1.40.